The minimum atomic E-state index is -0.628. The second kappa shape index (κ2) is 13.8. The average molecular weight is 640 g/mol. The number of piperazine rings is 1. The van der Waals surface area contributed by atoms with E-state index in [0.717, 1.165) is 53.9 Å². The molecule has 3 heterocycles. The molecule has 1 saturated heterocycles. The van der Waals surface area contributed by atoms with Crippen LogP contribution < -0.4 is 9.47 Å². The predicted octanol–water partition coefficient (Wildman–Crippen LogP) is 4.97. The Kier molecular flexibility index (Phi) is 9.61. The van der Waals surface area contributed by atoms with Crippen LogP contribution in [0.4, 0.5) is 4.79 Å². The molecular formula is C33H36Cl2N4O5. The number of nitrogens with one attached hydrogen (secondary N) is 1. The van der Waals surface area contributed by atoms with Gasteiger partial charge >= 0.3 is 6.09 Å². The number of carbonyl (C=O) groups excluding carboxylic acids is 1. The van der Waals surface area contributed by atoms with Crippen LogP contribution in [0.2, 0.25) is 10.0 Å². The largest absolute Gasteiger partial charge is 0.491 e. The number of amides is 1. The lowest BCUT2D eigenvalue weighted by atomic mass is 9.92. The lowest BCUT2D eigenvalue weighted by molar-refractivity contribution is 0.0428. The van der Waals surface area contributed by atoms with Crippen molar-refractivity contribution in [3.05, 3.63) is 93.6 Å². The van der Waals surface area contributed by atoms with Crippen molar-refractivity contribution in [2.45, 2.75) is 18.6 Å². The van der Waals surface area contributed by atoms with Gasteiger partial charge in [0.2, 0.25) is 0 Å². The van der Waals surface area contributed by atoms with Gasteiger partial charge in [-0.15, -0.1) is 0 Å². The number of hydrogen-bond donors (Lipinski definition) is 3. The first-order chi connectivity index (χ1) is 21.4. The summed E-state index contributed by atoms with van der Waals surface area (Å²) >= 11 is 12.4. The van der Waals surface area contributed by atoms with Gasteiger partial charge in [0.05, 0.1) is 6.61 Å². The highest BCUT2D eigenvalue weighted by Crippen LogP contribution is 2.40. The number of benzene rings is 3. The molecule has 0 aliphatic carbocycles. The van der Waals surface area contributed by atoms with Gasteiger partial charge in [-0.3, -0.25) is 14.7 Å². The summed E-state index contributed by atoms with van der Waals surface area (Å²) in [6, 6.07) is 19.7. The molecule has 0 spiro atoms. The number of ether oxygens (including phenoxy) is 2. The van der Waals surface area contributed by atoms with E-state index in [-0.39, 0.29) is 13.2 Å². The maximum atomic E-state index is 13.5. The van der Waals surface area contributed by atoms with E-state index in [9.17, 15) is 9.90 Å². The van der Waals surface area contributed by atoms with E-state index >= 15 is 0 Å². The highest BCUT2D eigenvalue weighted by Gasteiger charge is 2.36. The molecule has 3 N–H and O–H groups in total. The van der Waals surface area contributed by atoms with Gasteiger partial charge in [0.25, 0.3) is 0 Å². The van der Waals surface area contributed by atoms with Crippen LogP contribution in [-0.2, 0) is 6.42 Å². The molecule has 0 radical (unpaired) electrons. The predicted molar refractivity (Wildman–Crippen MR) is 171 cm³/mol. The monoisotopic (exact) mass is 638 g/mol. The fourth-order valence-electron chi connectivity index (χ4n) is 6.09. The third-order valence-electron chi connectivity index (χ3n) is 8.33. The fourth-order valence-corrected chi connectivity index (χ4v) is 6.39. The minimum absolute atomic E-state index is 0.166. The van der Waals surface area contributed by atoms with Crippen molar-refractivity contribution in [3.8, 4) is 11.5 Å². The number of carbonyl (C=O) groups is 1. The Balaban J connectivity index is 1.17. The van der Waals surface area contributed by atoms with Crippen LogP contribution in [0.15, 0.2) is 66.7 Å². The van der Waals surface area contributed by atoms with E-state index in [4.69, 9.17) is 37.8 Å². The molecule has 11 heteroatoms. The third-order valence-corrected chi connectivity index (χ3v) is 8.82. The lowest BCUT2D eigenvalue weighted by Crippen LogP contribution is -2.49. The zero-order valence-corrected chi connectivity index (χ0v) is 25.8. The zero-order valence-electron chi connectivity index (χ0n) is 24.3. The number of H-pyrrole nitrogens is 1. The van der Waals surface area contributed by atoms with Gasteiger partial charge in [0, 0.05) is 72.5 Å². The number of aromatic amines is 1. The Bertz CT molecular complexity index is 1570. The summed E-state index contributed by atoms with van der Waals surface area (Å²) < 4.78 is 11.7. The quantitative estimate of drug-likeness (QED) is 0.238. The SMILES string of the molecule is O=C(Oc1ccc(Cl)cc1)N1CCc2c([nH]c3ccc(Cl)cc23)C1c1ccc(OCC(O)CN2CCN(CCO)CC2)cc1. The number of nitrogens with zero attached hydrogens (tertiary/aromatic N) is 3. The molecule has 2 aliphatic heterocycles. The molecule has 9 nitrogen and oxygen atoms in total. The topological polar surface area (TPSA) is 102 Å². The highest BCUT2D eigenvalue weighted by molar-refractivity contribution is 6.31. The van der Waals surface area contributed by atoms with Crippen LogP contribution in [0.5, 0.6) is 11.5 Å². The van der Waals surface area contributed by atoms with E-state index in [0.29, 0.717) is 47.6 Å². The molecule has 3 aromatic carbocycles. The molecule has 4 aromatic rings. The molecule has 1 fully saturated rings. The van der Waals surface area contributed by atoms with Gasteiger partial charge in [-0.2, -0.15) is 0 Å². The van der Waals surface area contributed by atoms with E-state index < -0.39 is 18.2 Å². The first-order valence-electron chi connectivity index (χ1n) is 14.9. The summed E-state index contributed by atoms with van der Waals surface area (Å²) in [5.74, 6) is 1.05. The second-order valence-electron chi connectivity index (χ2n) is 11.3. The smallest absolute Gasteiger partial charge is 0.416 e. The molecule has 0 bridgehead atoms. The molecule has 2 aliphatic rings. The summed E-state index contributed by atoms with van der Waals surface area (Å²) in [7, 11) is 0. The minimum Gasteiger partial charge on any atom is -0.491 e. The molecule has 2 unspecified atom stereocenters. The Morgan fingerprint density at radius 3 is 2.32 bits per heavy atom. The number of fused-ring (bicyclic) bond motifs is 3. The Labute approximate surface area is 266 Å². The van der Waals surface area contributed by atoms with Crippen LogP contribution in [0.3, 0.4) is 0 Å². The summed E-state index contributed by atoms with van der Waals surface area (Å²) in [4.78, 5) is 23.3. The molecular weight excluding hydrogens is 603 g/mol. The van der Waals surface area contributed by atoms with Crippen molar-refractivity contribution in [3.63, 3.8) is 0 Å². The van der Waals surface area contributed by atoms with E-state index in [1.54, 1.807) is 29.2 Å². The van der Waals surface area contributed by atoms with Gasteiger partial charge in [-0.1, -0.05) is 35.3 Å². The van der Waals surface area contributed by atoms with Crippen LogP contribution in [-0.4, -0.2) is 101 Å². The summed E-state index contributed by atoms with van der Waals surface area (Å²) in [5, 5.41) is 22.0. The van der Waals surface area contributed by atoms with Crippen molar-refractivity contribution in [1.29, 1.82) is 0 Å². The molecule has 0 saturated carbocycles. The van der Waals surface area contributed by atoms with Crippen LogP contribution in [0, 0.1) is 0 Å². The number of aromatic nitrogens is 1. The average Bonchev–Trinajstić information content (AvgIpc) is 3.40. The van der Waals surface area contributed by atoms with Gasteiger partial charge in [-0.05, 0) is 72.1 Å². The summed E-state index contributed by atoms with van der Waals surface area (Å²) in [6.45, 7) is 5.49. The Hall–Kier alpha value is -3.31. The molecule has 1 aromatic heterocycles. The summed E-state index contributed by atoms with van der Waals surface area (Å²) in [5.41, 5.74) is 3.90. The number of aliphatic hydroxyl groups is 2. The van der Waals surface area contributed by atoms with Crippen molar-refractivity contribution in [1.82, 2.24) is 19.7 Å². The van der Waals surface area contributed by atoms with Crippen molar-refractivity contribution in [2.24, 2.45) is 0 Å². The molecule has 232 valence electrons. The molecule has 1 amide bonds. The van der Waals surface area contributed by atoms with Gasteiger partial charge in [0.15, 0.2) is 0 Å². The van der Waals surface area contributed by atoms with Crippen LogP contribution in [0.1, 0.15) is 22.9 Å². The number of halogens is 2. The second-order valence-corrected chi connectivity index (χ2v) is 12.1. The van der Waals surface area contributed by atoms with E-state index in [1.807, 2.05) is 42.5 Å². The van der Waals surface area contributed by atoms with Crippen molar-refractivity contribution in [2.75, 3.05) is 59.0 Å². The van der Waals surface area contributed by atoms with E-state index in [2.05, 4.69) is 14.8 Å². The van der Waals surface area contributed by atoms with Gasteiger partial charge < -0.3 is 24.7 Å². The van der Waals surface area contributed by atoms with Crippen molar-refractivity contribution >= 4 is 40.2 Å². The maximum Gasteiger partial charge on any atom is 0.416 e. The molecule has 6 rings (SSSR count). The standard InChI is InChI=1S/C33H36Cl2N4O5/c34-23-3-8-27(9-4-23)44-33(42)39-12-11-28-29-19-24(35)5-10-30(29)36-31(28)32(39)22-1-6-26(7-2-22)43-21-25(41)20-38-15-13-37(14-16-38)17-18-40/h1-10,19,25,32,36,40-41H,11-18,20-21H2. The van der Waals surface area contributed by atoms with Crippen LogP contribution >= 0.6 is 23.2 Å². The Morgan fingerprint density at radius 1 is 0.909 bits per heavy atom. The number of aliphatic hydroxyl groups excluding tert-OH is 2. The normalized spacial score (nSPS) is 18.3. The summed E-state index contributed by atoms with van der Waals surface area (Å²) in [6.07, 6.45) is -0.436. The van der Waals surface area contributed by atoms with Crippen LogP contribution in [0.25, 0.3) is 10.9 Å². The first-order valence-corrected chi connectivity index (χ1v) is 15.6. The zero-order chi connectivity index (χ0) is 30.6. The number of β-amino-alcohol motifs (C(OH)–C–C–N with tert-alkyl or cyclic N) is 2. The Morgan fingerprint density at radius 2 is 1.59 bits per heavy atom. The van der Waals surface area contributed by atoms with Gasteiger partial charge in [0.1, 0.15) is 30.3 Å². The maximum absolute atomic E-state index is 13.5. The first kappa shape index (κ1) is 30.7. The third kappa shape index (κ3) is 6.99. The fraction of sp³-hybridized carbons (Fsp3) is 0.364. The van der Waals surface area contributed by atoms with E-state index in [1.165, 1.54) is 0 Å². The highest BCUT2D eigenvalue weighted by atomic mass is 35.5. The molecule has 2 atom stereocenters. The van der Waals surface area contributed by atoms with Crippen molar-refractivity contribution < 1.29 is 24.5 Å². The number of rotatable bonds is 9. The number of hydrogen-bond acceptors (Lipinski definition) is 7. The lowest BCUT2D eigenvalue weighted by Gasteiger charge is -2.35. The van der Waals surface area contributed by atoms with Gasteiger partial charge in [-0.25, -0.2) is 4.79 Å². The molecule has 44 heavy (non-hydrogen) atoms.